The molecular weight excluding hydrogens is 322 g/mol. The Morgan fingerprint density at radius 2 is 1.88 bits per heavy atom. The van der Waals surface area contributed by atoms with Crippen LogP contribution in [0.25, 0.3) is 0 Å². The fraction of sp³-hybridized carbons (Fsp3) is 0.667. The van der Waals surface area contributed by atoms with Gasteiger partial charge in [0.05, 0.1) is 13.7 Å². The molecule has 0 atom stereocenters. The lowest BCUT2D eigenvalue weighted by atomic mass is 10.1. The van der Waals surface area contributed by atoms with Crippen molar-refractivity contribution in [1.29, 1.82) is 0 Å². The van der Waals surface area contributed by atoms with E-state index in [-0.39, 0.29) is 5.97 Å². The van der Waals surface area contributed by atoms with E-state index < -0.39 is 0 Å². The van der Waals surface area contributed by atoms with E-state index in [1.807, 2.05) is 11.3 Å². The lowest BCUT2D eigenvalue weighted by molar-refractivity contribution is -0.140. The maximum Gasteiger partial charge on any atom is 0.305 e. The first kappa shape index (κ1) is 20.5. The molecule has 0 aliphatic carbocycles. The highest BCUT2D eigenvalue weighted by atomic mass is 32.1. The van der Waals surface area contributed by atoms with Gasteiger partial charge in [-0.05, 0) is 38.3 Å². The number of esters is 1. The van der Waals surface area contributed by atoms with Gasteiger partial charge in [-0.15, -0.1) is 11.3 Å². The van der Waals surface area contributed by atoms with Crippen molar-refractivity contribution in [3.05, 3.63) is 21.9 Å². The average Bonchev–Trinajstić information content (AvgIpc) is 3.06. The Morgan fingerprint density at radius 3 is 2.54 bits per heavy atom. The minimum atomic E-state index is -0.116. The zero-order valence-electron chi connectivity index (χ0n) is 15.2. The average molecular weight is 354 g/mol. The third-order valence-electron chi connectivity index (χ3n) is 3.63. The van der Waals surface area contributed by atoms with Crippen molar-refractivity contribution in [1.82, 2.24) is 10.6 Å². The number of aryl methyl sites for hydroxylation is 1. The number of guanidine groups is 1. The first-order chi connectivity index (χ1) is 11.7. The Hall–Kier alpha value is -1.56. The van der Waals surface area contributed by atoms with Gasteiger partial charge >= 0.3 is 5.97 Å². The molecule has 0 spiro atoms. The summed E-state index contributed by atoms with van der Waals surface area (Å²) >= 11 is 1.83. The fourth-order valence-corrected chi connectivity index (χ4v) is 3.14. The zero-order chi connectivity index (χ0) is 17.6. The van der Waals surface area contributed by atoms with Gasteiger partial charge in [0.2, 0.25) is 0 Å². The number of carbonyl (C=O) groups excluding carboxylic acids is 1. The molecule has 1 aromatic heterocycles. The molecule has 0 aromatic carbocycles. The molecule has 5 nitrogen and oxygen atoms in total. The summed E-state index contributed by atoms with van der Waals surface area (Å²) in [7, 11) is 1.44. The van der Waals surface area contributed by atoms with Crippen LogP contribution < -0.4 is 10.6 Å². The summed E-state index contributed by atoms with van der Waals surface area (Å²) < 4.78 is 4.63. The first-order valence-electron chi connectivity index (χ1n) is 8.86. The molecule has 0 aliphatic heterocycles. The second-order valence-corrected chi connectivity index (χ2v) is 6.84. The smallest absolute Gasteiger partial charge is 0.305 e. The number of carbonyl (C=O) groups is 1. The van der Waals surface area contributed by atoms with E-state index in [2.05, 4.69) is 46.3 Å². The summed E-state index contributed by atoms with van der Waals surface area (Å²) in [4.78, 5) is 18.4. The van der Waals surface area contributed by atoms with E-state index in [0.717, 1.165) is 57.7 Å². The monoisotopic (exact) mass is 353 g/mol. The second-order valence-electron chi connectivity index (χ2n) is 5.58. The van der Waals surface area contributed by atoms with E-state index >= 15 is 0 Å². The van der Waals surface area contributed by atoms with Gasteiger partial charge in [-0.2, -0.15) is 0 Å². The number of ether oxygens (including phenoxy) is 1. The van der Waals surface area contributed by atoms with Gasteiger partial charge in [0.1, 0.15) is 0 Å². The maximum absolute atomic E-state index is 11.0. The van der Waals surface area contributed by atoms with E-state index in [4.69, 9.17) is 0 Å². The molecule has 1 heterocycles. The molecule has 0 unspecified atom stereocenters. The number of hydrogen-bond acceptors (Lipinski definition) is 4. The molecule has 0 amide bonds. The van der Waals surface area contributed by atoms with Gasteiger partial charge in [0.25, 0.3) is 0 Å². The standard InChI is InChI=1S/C18H31N3O2S/c1-4-15-11-12-16(24-15)14-21-18(19-5-2)20-13-9-7-6-8-10-17(22)23-3/h11-12H,4-10,13-14H2,1-3H3,(H2,19,20,21). The van der Waals surface area contributed by atoms with Crippen LogP contribution in [0.3, 0.4) is 0 Å². The minimum absolute atomic E-state index is 0.116. The van der Waals surface area contributed by atoms with E-state index in [9.17, 15) is 4.79 Å². The number of methoxy groups -OCH3 is 1. The SMILES string of the molecule is CCNC(=NCc1ccc(CC)s1)NCCCCCCC(=O)OC. The molecule has 24 heavy (non-hydrogen) atoms. The summed E-state index contributed by atoms with van der Waals surface area (Å²) in [5.74, 6) is 0.757. The molecule has 0 radical (unpaired) electrons. The van der Waals surface area contributed by atoms with Crippen LogP contribution in [0.5, 0.6) is 0 Å². The Balaban J connectivity index is 2.22. The van der Waals surface area contributed by atoms with Gasteiger partial charge in [-0.25, -0.2) is 4.99 Å². The highest BCUT2D eigenvalue weighted by Gasteiger charge is 2.01. The normalized spacial score (nSPS) is 11.4. The molecular formula is C18H31N3O2S. The fourth-order valence-electron chi connectivity index (χ4n) is 2.25. The van der Waals surface area contributed by atoms with Crippen LogP contribution in [0.15, 0.2) is 17.1 Å². The van der Waals surface area contributed by atoms with Crippen molar-refractivity contribution >= 4 is 23.3 Å². The number of nitrogens with zero attached hydrogens (tertiary/aromatic N) is 1. The third kappa shape index (κ3) is 8.91. The van der Waals surface area contributed by atoms with Crippen LogP contribution in [0.1, 0.15) is 55.7 Å². The molecule has 0 aliphatic rings. The molecule has 1 rings (SSSR count). The maximum atomic E-state index is 11.0. The van der Waals surface area contributed by atoms with Crippen LogP contribution in [0.4, 0.5) is 0 Å². The largest absolute Gasteiger partial charge is 0.469 e. The molecule has 136 valence electrons. The van der Waals surface area contributed by atoms with Crippen LogP contribution in [-0.4, -0.2) is 32.1 Å². The van der Waals surface area contributed by atoms with Crippen molar-refractivity contribution in [2.24, 2.45) is 4.99 Å². The van der Waals surface area contributed by atoms with Crippen LogP contribution in [0.2, 0.25) is 0 Å². The van der Waals surface area contributed by atoms with E-state index in [1.165, 1.54) is 16.9 Å². The van der Waals surface area contributed by atoms with Crippen molar-refractivity contribution in [2.45, 2.75) is 58.9 Å². The van der Waals surface area contributed by atoms with E-state index in [0.29, 0.717) is 6.42 Å². The summed E-state index contributed by atoms with van der Waals surface area (Å²) in [5.41, 5.74) is 0. The van der Waals surface area contributed by atoms with Crippen molar-refractivity contribution < 1.29 is 9.53 Å². The summed E-state index contributed by atoms with van der Waals surface area (Å²) in [6, 6.07) is 4.35. The van der Waals surface area contributed by atoms with Crippen molar-refractivity contribution in [2.75, 3.05) is 20.2 Å². The Morgan fingerprint density at radius 1 is 1.12 bits per heavy atom. The van der Waals surface area contributed by atoms with Crippen LogP contribution in [-0.2, 0) is 22.5 Å². The Kier molecular flexibility index (Phi) is 10.9. The molecule has 1 aromatic rings. The molecule has 6 heteroatoms. The van der Waals surface area contributed by atoms with Crippen LogP contribution >= 0.6 is 11.3 Å². The predicted octanol–water partition coefficient (Wildman–Crippen LogP) is 3.49. The van der Waals surface area contributed by atoms with Crippen LogP contribution in [0, 0.1) is 0 Å². The minimum Gasteiger partial charge on any atom is -0.469 e. The summed E-state index contributed by atoms with van der Waals surface area (Å²) in [5, 5.41) is 6.66. The highest BCUT2D eigenvalue weighted by Crippen LogP contribution is 2.17. The van der Waals surface area contributed by atoms with Gasteiger partial charge in [0, 0.05) is 29.3 Å². The molecule has 0 fully saturated rings. The highest BCUT2D eigenvalue weighted by molar-refractivity contribution is 7.11. The van der Waals surface area contributed by atoms with Crippen molar-refractivity contribution in [3.63, 3.8) is 0 Å². The van der Waals surface area contributed by atoms with Gasteiger partial charge in [-0.3, -0.25) is 4.79 Å². The molecule has 0 saturated heterocycles. The van der Waals surface area contributed by atoms with Crippen molar-refractivity contribution in [3.8, 4) is 0 Å². The number of rotatable bonds is 11. The zero-order valence-corrected chi connectivity index (χ0v) is 16.0. The molecule has 2 N–H and O–H groups in total. The number of aliphatic imine (C=N–C) groups is 1. The number of hydrogen-bond donors (Lipinski definition) is 2. The number of unbranched alkanes of at least 4 members (excludes halogenated alkanes) is 3. The molecule has 0 bridgehead atoms. The lowest BCUT2D eigenvalue weighted by Gasteiger charge is -2.10. The summed E-state index contributed by atoms with van der Waals surface area (Å²) in [6.07, 6.45) is 5.74. The van der Waals surface area contributed by atoms with Gasteiger partial charge in [0.15, 0.2) is 5.96 Å². The Labute approximate surface area is 149 Å². The quantitative estimate of drug-likeness (QED) is 0.277. The van der Waals surface area contributed by atoms with Gasteiger partial charge < -0.3 is 15.4 Å². The number of thiophene rings is 1. The number of nitrogens with one attached hydrogen (secondary N) is 2. The topological polar surface area (TPSA) is 62.7 Å². The second kappa shape index (κ2) is 12.8. The van der Waals surface area contributed by atoms with E-state index in [1.54, 1.807) is 0 Å². The predicted molar refractivity (Wildman–Crippen MR) is 102 cm³/mol. The van der Waals surface area contributed by atoms with Gasteiger partial charge in [-0.1, -0.05) is 19.8 Å². The lowest BCUT2D eigenvalue weighted by Crippen LogP contribution is -2.37. The Bertz CT molecular complexity index is 500. The molecule has 0 saturated carbocycles. The first-order valence-corrected chi connectivity index (χ1v) is 9.67. The summed E-state index contributed by atoms with van der Waals surface area (Å²) in [6.45, 7) is 6.73. The third-order valence-corrected chi connectivity index (χ3v) is 4.85.